The number of benzene rings is 2. The molecule has 180 valence electrons. The highest BCUT2D eigenvalue weighted by molar-refractivity contribution is 5.99. The summed E-state index contributed by atoms with van der Waals surface area (Å²) in [4.78, 5) is 25.0. The lowest BCUT2D eigenvalue weighted by atomic mass is 9.84. The third kappa shape index (κ3) is 5.03. The zero-order valence-electron chi connectivity index (χ0n) is 19.0. The highest BCUT2D eigenvalue weighted by Gasteiger charge is 2.46. The molecule has 3 aliphatic rings. The maximum absolute atomic E-state index is 12.6. The predicted molar refractivity (Wildman–Crippen MR) is 128 cm³/mol. The molecule has 0 spiro atoms. The van der Waals surface area contributed by atoms with Crippen LogP contribution in [0.25, 0.3) is 0 Å². The van der Waals surface area contributed by atoms with Crippen LogP contribution in [0.3, 0.4) is 0 Å². The van der Waals surface area contributed by atoms with Gasteiger partial charge >= 0.3 is 6.03 Å². The number of ether oxygens (including phenoxy) is 2. The minimum Gasteiger partial charge on any atom is -0.487 e. The van der Waals surface area contributed by atoms with Crippen LogP contribution < -0.4 is 20.7 Å². The van der Waals surface area contributed by atoms with Gasteiger partial charge in [0.2, 0.25) is 5.91 Å². The van der Waals surface area contributed by atoms with Crippen molar-refractivity contribution < 1.29 is 24.2 Å². The average molecular weight is 466 g/mol. The van der Waals surface area contributed by atoms with Crippen molar-refractivity contribution in [1.82, 2.24) is 5.32 Å². The molecule has 2 aliphatic heterocycles. The third-order valence-electron chi connectivity index (χ3n) is 6.92. The average Bonchev–Trinajstić information content (AvgIpc) is 3.46. The number of urea groups is 1. The van der Waals surface area contributed by atoms with E-state index in [9.17, 15) is 14.7 Å². The number of aliphatic hydroxyl groups excluding tert-OH is 1. The molecule has 4 N–H and O–H groups in total. The van der Waals surface area contributed by atoms with Crippen molar-refractivity contribution in [2.75, 3.05) is 17.2 Å². The molecule has 4 atom stereocenters. The minimum atomic E-state index is -0.506. The predicted octanol–water partition coefficient (Wildman–Crippen LogP) is 3.77. The first-order chi connectivity index (χ1) is 16.6. The lowest BCUT2D eigenvalue weighted by Crippen LogP contribution is -2.47. The lowest BCUT2D eigenvalue weighted by Gasteiger charge is -2.37. The summed E-state index contributed by atoms with van der Waals surface area (Å²) in [6.45, 7) is -0.180. The third-order valence-corrected chi connectivity index (χ3v) is 6.92. The molecule has 1 saturated carbocycles. The number of carbonyl (C=O) groups is 2. The first kappa shape index (κ1) is 22.7. The van der Waals surface area contributed by atoms with E-state index in [0.29, 0.717) is 17.8 Å². The standard InChI is InChI=1S/C26H31N3O5/c30-15-23-25-21(13-19(33-23)14-24(31)27-16-8-4-5-9-16)20-12-18(10-11-22(20)34-25)29-26(32)28-17-6-2-1-3-7-17/h1-3,6-7,10-12,16,19,21,23,25,30H,4-5,8-9,13-15H2,(H,27,31)(H2,28,29,32)/t19-,21-,23-,25+/m1/s1. The summed E-state index contributed by atoms with van der Waals surface area (Å²) in [6.07, 6.45) is 4.16. The van der Waals surface area contributed by atoms with E-state index in [-0.39, 0.29) is 49.1 Å². The summed E-state index contributed by atoms with van der Waals surface area (Å²) in [5.74, 6) is 0.699. The fraction of sp³-hybridized carbons (Fsp3) is 0.462. The second kappa shape index (κ2) is 10.0. The Morgan fingerprint density at radius 2 is 1.76 bits per heavy atom. The van der Waals surface area contributed by atoms with Gasteiger partial charge in [-0.05, 0) is 49.6 Å². The van der Waals surface area contributed by atoms with Crippen LogP contribution in [-0.2, 0) is 9.53 Å². The molecule has 1 aliphatic carbocycles. The Labute approximate surface area is 199 Å². The molecular formula is C26H31N3O5. The fourth-order valence-electron chi connectivity index (χ4n) is 5.35. The maximum atomic E-state index is 12.6. The molecular weight excluding hydrogens is 434 g/mol. The van der Waals surface area contributed by atoms with Crippen molar-refractivity contribution in [3.63, 3.8) is 0 Å². The van der Waals surface area contributed by atoms with Gasteiger partial charge in [0.05, 0.1) is 19.1 Å². The highest BCUT2D eigenvalue weighted by Crippen LogP contribution is 2.47. The molecule has 8 heteroatoms. The van der Waals surface area contributed by atoms with E-state index in [4.69, 9.17) is 9.47 Å². The Hall–Kier alpha value is -3.10. The van der Waals surface area contributed by atoms with Crippen LogP contribution in [0.2, 0.25) is 0 Å². The monoisotopic (exact) mass is 465 g/mol. The maximum Gasteiger partial charge on any atom is 0.323 e. The van der Waals surface area contributed by atoms with Crippen molar-refractivity contribution in [3.8, 4) is 5.75 Å². The van der Waals surface area contributed by atoms with E-state index in [2.05, 4.69) is 16.0 Å². The topological polar surface area (TPSA) is 109 Å². The Balaban J connectivity index is 1.26. The van der Waals surface area contributed by atoms with Crippen LogP contribution in [-0.4, -0.2) is 48.0 Å². The van der Waals surface area contributed by atoms with Gasteiger partial charge in [0.25, 0.3) is 0 Å². The zero-order valence-corrected chi connectivity index (χ0v) is 19.0. The van der Waals surface area contributed by atoms with Gasteiger partial charge in [0.1, 0.15) is 18.0 Å². The second-order valence-corrected chi connectivity index (χ2v) is 9.35. The van der Waals surface area contributed by atoms with Crippen molar-refractivity contribution in [1.29, 1.82) is 0 Å². The van der Waals surface area contributed by atoms with Gasteiger partial charge in [-0.25, -0.2) is 4.79 Å². The van der Waals surface area contributed by atoms with Crippen LogP contribution in [0.1, 0.15) is 50.0 Å². The number of amides is 3. The smallest absolute Gasteiger partial charge is 0.323 e. The van der Waals surface area contributed by atoms with Crippen LogP contribution >= 0.6 is 0 Å². The summed E-state index contributed by atoms with van der Waals surface area (Å²) in [5.41, 5.74) is 2.32. The van der Waals surface area contributed by atoms with Gasteiger partial charge < -0.3 is 30.5 Å². The van der Waals surface area contributed by atoms with E-state index in [1.54, 1.807) is 6.07 Å². The molecule has 34 heavy (non-hydrogen) atoms. The van der Waals surface area contributed by atoms with Crippen molar-refractivity contribution in [2.24, 2.45) is 0 Å². The highest BCUT2D eigenvalue weighted by atomic mass is 16.6. The fourth-order valence-corrected chi connectivity index (χ4v) is 5.35. The molecule has 2 fully saturated rings. The van der Waals surface area contributed by atoms with Gasteiger partial charge in [-0.2, -0.15) is 0 Å². The first-order valence-electron chi connectivity index (χ1n) is 12.1. The molecule has 0 bridgehead atoms. The van der Waals surface area contributed by atoms with Crippen molar-refractivity contribution in [2.45, 2.75) is 68.8 Å². The number of hydrogen-bond acceptors (Lipinski definition) is 5. The summed E-state index contributed by atoms with van der Waals surface area (Å²) >= 11 is 0. The molecule has 2 heterocycles. The van der Waals surface area contributed by atoms with Crippen LogP contribution in [0.15, 0.2) is 48.5 Å². The second-order valence-electron chi connectivity index (χ2n) is 9.35. The van der Waals surface area contributed by atoms with Crippen LogP contribution in [0.4, 0.5) is 16.2 Å². The van der Waals surface area contributed by atoms with Gasteiger partial charge in [0.15, 0.2) is 0 Å². The van der Waals surface area contributed by atoms with Crippen molar-refractivity contribution >= 4 is 23.3 Å². The Kier molecular flexibility index (Phi) is 6.69. The molecule has 0 aromatic heterocycles. The Morgan fingerprint density at radius 3 is 2.53 bits per heavy atom. The minimum absolute atomic E-state index is 0.000760. The number of anilines is 2. The number of rotatable bonds is 6. The van der Waals surface area contributed by atoms with Gasteiger partial charge in [-0.1, -0.05) is 31.0 Å². The quantitative estimate of drug-likeness (QED) is 0.519. The number of carbonyl (C=O) groups excluding carboxylic acids is 2. The largest absolute Gasteiger partial charge is 0.487 e. The van der Waals surface area contributed by atoms with Crippen LogP contribution in [0, 0.1) is 0 Å². The SMILES string of the molecule is O=C(C[C@H]1C[C@@H]2c3cc(NC(=O)Nc4ccccc4)ccc3O[C@@H]2[C@@H](CO)O1)NC1CCCC1. The van der Waals surface area contributed by atoms with E-state index < -0.39 is 6.10 Å². The molecule has 8 nitrogen and oxygen atoms in total. The molecule has 0 unspecified atom stereocenters. The Morgan fingerprint density at radius 1 is 1.00 bits per heavy atom. The number of hydrogen-bond donors (Lipinski definition) is 4. The normalized spacial score (nSPS) is 25.7. The molecule has 2 aromatic carbocycles. The molecule has 2 aromatic rings. The number of para-hydroxylation sites is 1. The molecule has 0 radical (unpaired) electrons. The van der Waals surface area contributed by atoms with Crippen LogP contribution in [0.5, 0.6) is 5.75 Å². The zero-order chi connectivity index (χ0) is 23.5. The summed E-state index contributed by atoms with van der Waals surface area (Å²) in [6, 6.07) is 14.7. The summed E-state index contributed by atoms with van der Waals surface area (Å²) in [7, 11) is 0. The van der Waals surface area contributed by atoms with E-state index >= 15 is 0 Å². The number of aliphatic hydroxyl groups is 1. The lowest BCUT2D eigenvalue weighted by molar-refractivity contribution is -0.142. The molecule has 1 saturated heterocycles. The van der Waals surface area contributed by atoms with Gasteiger partial charge in [-0.3, -0.25) is 4.79 Å². The number of fused-ring (bicyclic) bond motifs is 3. The molecule has 3 amide bonds. The van der Waals surface area contributed by atoms with E-state index in [0.717, 1.165) is 37.0 Å². The number of nitrogens with one attached hydrogen (secondary N) is 3. The van der Waals surface area contributed by atoms with E-state index in [1.807, 2.05) is 42.5 Å². The Bertz CT molecular complexity index is 1020. The van der Waals surface area contributed by atoms with Gasteiger partial charge in [-0.15, -0.1) is 0 Å². The van der Waals surface area contributed by atoms with E-state index in [1.165, 1.54) is 0 Å². The summed E-state index contributed by atoms with van der Waals surface area (Å²) < 4.78 is 12.2. The molecule has 5 rings (SSSR count). The van der Waals surface area contributed by atoms with Gasteiger partial charge in [0, 0.05) is 28.9 Å². The first-order valence-corrected chi connectivity index (χ1v) is 12.1. The summed E-state index contributed by atoms with van der Waals surface area (Å²) in [5, 5.41) is 18.7. The van der Waals surface area contributed by atoms with Crippen molar-refractivity contribution in [3.05, 3.63) is 54.1 Å².